The molecule has 0 aliphatic carbocycles. The molecule has 0 aliphatic heterocycles. The highest BCUT2D eigenvalue weighted by Gasteiger charge is 2.32. The first-order valence-corrected chi connectivity index (χ1v) is 8.44. The van der Waals surface area contributed by atoms with E-state index in [2.05, 4.69) is 25.1 Å². The maximum absolute atomic E-state index is 13.1. The lowest BCUT2D eigenvalue weighted by atomic mass is 10.1. The van der Waals surface area contributed by atoms with Crippen LogP contribution in [0.15, 0.2) is 48.9 Å². The number of aromatic nitrogens is 4. The number of hydrogen-bond donors (Lipinski definition) is 1. The van der Waals surface area contributed by atoms with E-state index in [9.17, 15) is 26.7 Å². The van der Waals surface area contributed by atoms with Crippen molar-refractivity contribution in [1.82, 2.24) is 25.1 Å². The first-order chi connectivity index (χ1) is 14.1. The average molecular weight is 427 g/mol. The van der Waals surface area contributed by atoms with Crippen LogP contribution in [0.2, 0.25) is 0 Å². The van der Waals surface area contributed by atoms with Gasteiger partial charge in [0.05, 0.1) is 11.6 Å². The zero-order valence-electron chi connectivity index (χ0n) is 15.3. The summed E-state index contributed by atoms with van der Waals surface area (Å²) in [6, 6.07) is 5.99. The van der Waals surface area contributed by atoms with Crippen molar-refractivity contribution in [2.75, 3.05) is 0 Å². The molecular weight excluding hydrogens is 413 g/mol. The van der Waals surface area contributed by atoms with Crippen molar-refractivity contribution >= 4 is 5.91 Å². The molecule has 0 radical (unpaired) electrons. The first-order valence-electron chi connectivity index (χ1n) is 8.44. The fourth-order valence-corrected chi connectivity index (χ4v) is 2.61. The van der Waals surface area contributed by atoms with E-state index >= 15 is 0 Å². The van der Waals surface area contributed by atoms with Crippen LogP contribution < -0.4 is 10.1 Å². The lowest BCUT2D eigenvalue weighted by Crippen LogP contribution is -2.29. The molecule has 12 heteroatoms. The zero-order valence-corrected chi connectivity index (χ0v) is 15.3. The molecule has 2 aromatic heterocycles. The van der Waals surface area contributed by atoms with Crippen LogP contribution in [-0.2, 0) is 6.18 Å². The van der Waals surface area contributed by atoms with Gasteiger partial charge >= 0.3 is 12.8 Å². The highest BCUT2D eigenvalue weighted by atomic mass is 19.4. The first kappa shape index (κ1) is 21.1. The van der Waals surface area contributed by atoms with Crippen molar-refractivity contribution in [1.29, 1.82) is 0 Å². The number of hydrogen-bond acceptors (Lipinski definition) is 5. The Balaban J connectivity index is 1.87. The second-order valence-electron chi connectivity index (χ2n) is 6.04. The Labute approximate surface area is 166 Å². The Hall–Kier alpha value is -3.57. The van der Waals surface area contributed by atoms with Gasteiger partial charge < -0.3 is 10.1 Å². The molecule has 2 heterocycles. The molecule has 0 spiro atoms. The van der Waals surface area contributed by atoms with Gasteiger partial charge in [0.1, 0.15) is 12.1 Å². The highest BCUT2D eigenvalue weighted by molar-refractivity contribution is 5.95. The number of alkyl halides is 5. The van der Waals surface area contributed by atoms with Gasteiger partial charge in [0.15, 0.2) is 11.6 Å². The largest absolute Gasteiger partial charge is 0.435 e. The normalized spacial score (nSPS) is 12.6. The monoisotopic (exact) mass is 427 g/mol. The molecule has 1 N–H and O–H groups in total. The van der Waals surface area contributed by atoms with E-state index in [1.807, 2.05) is 0 Å². The van der Waals surface area contributed by atoms with Gasteiger partial charge in [-0.1, -0.05) is 6.07 Å². The predicted molar refractivity (Wildman–Crippen MR) is 93.1 cm³/mol. The van der Waals surface area contributed by atoms with E-state index in [-0.39, 0.29) is 5.82 Å². The summed E-state index contributed by atoms with van der Waals surface area (Å²) in [5.41, 5.74) is -1.80. The van der Waals surface area contributed by atoms with Crippen molar-refractivity contribution < 1.29 is 31.5 Å². The van der Waals surface area contributed by atoms with Crippen LogP contribution in [0.4, 0.5) is 22.0 Å². The second kappa shape index (κ2) is 8.43. The summed E-state index contributed by atoms with van der Waals surface area (Å²) in [6.07, 6.45) is -2.11. The SMILES string of the molecule is CC(NC(=O)c1cc(OC(F)F)cc(C(F)(F)F)c1)c1ncnn1-c1ccccn1. The summed E-state index contributed by atoms with van der Waals surface area (Å²) in [5, 5.41) is 6.49. The highest BCUT2D eigenvalue weighted by Crippen LogP contribution is 2.33. The summed E-state index contributed by atoms with van der Waals surface area (Å²) >= 11 is 0. The smallest absolute Gasteiger partial charge is 0.416 e. The van der Waals surface area contributed by atoms with Gasteiger partial charge in [0.2, 0.25) is 0 Å². The van der Waals surface area contributed by atoms with Crippen molar-refractivity contribution in [3.63, 3.8) is 0 Å². The van der Waals surface area contributed by atoms with Crippen LogP contribution in [0.1, 0.15) is 34.7 Å². The molecule has 1 atom stereocenters. The van der Waals surface area contributed by atoms with Crippen LogP contribution in [0, 0.1) is 0 Å². The average Bonchev–Trinajstić information content (AvgIpc) is 3.17. The van der Waals surface area contributed by atoms with E-state index < -0.39 is 41.6 Å². The minimum absolute atomic E-state index is 0.262. The van der Waals surface area contributed by atoms with E-state index in [0.717, 1.165) is 6.07 Å². The fraction of sp³-hybridized carbons (Fsp3) is 0.222. The third-order valence-corrected chi connectivity index (χ3v) is 3.90. The minimum Gasteiger partial charge on any atom is -0.435 e. The molecule has 0 bridgehead atoms. The number of nitrogens with one attached hydrogen (secondary N) is 1. The van der Waals surface area contributed by atoms with Crippen LogP contribution >= 0.6 is 0 Å². The number of carbonyl (C=O) groups excluding carboxylic acids is 1. The van der Waals surface area contributed by atoms with Crippen LogP contribution in [0.5, 0.6) is 5.75 Å². The van der Waals surface area contributed by atoms with Crippen LogP contribution in [-0.4, -0.2) is 32.3 Å². The Morgan fingerprint density at radius 3 is 2.57 bits per heavy atom. The van der Waals surface area contributed by atoms with Gasteiger partial charge in [-0.25, -0.2) is 9.97 Å². The maximum atomic E-state index is 13.1. The minimum atomic E-state index is -4.86. The van der Waals surface area contributed by atoms with Crippen molar-refractivity contribution in [2.45, 2.75) is 25.8 Å². The van der Waals surface area contributed by atoms with E-state index in [4.69, 9.17) is 0 Å². The van der Waals surface area contributed by atoms with E-state index in [1.165, 1.54) is 24.1 Å². The number of ether oxygens (including phenoxy) is 1. The maximum Gasteiger partial charge on any atom is 0.416 e. The van der Waals surface area contributed by atoms with Gasteiger partial charge in [0.25, 0.3) is 5.91 Å². The van der Waals surface area contributed by atoms with Gasteiger partial charge in [-0.15, -0.1) is 0 Å². The number of nitrogens with zero attached hydrogens (tertiary/aromatic N) is 4. The number of amides is 1. The number of halogens is 5. The van der Waals surface area contributed by atoms with E-state index in [1.54, 1.807) is 18.2 Å². The quantitative estimate of drug-likeness (QED) is 0.606. The molecule has 3 aromatic rings. The topological polar surface area (TPSA) is 81.9 Å². The van der Waals surface area contributed by atoms with Crippen LogP contribution in [0.3, 0.4) is 0 Å². The second-order valence-corrected chi connectivity index (χ2v) is 6.04. The van der Waals surface area contributed by atoms with Crippen LogP contribution in [0.25, 0.3) is 5.82 Å². The molecule has 158 valence electrons. The Morgan fingerprint density at radius 2 is 1.93 bits per heavy atom. The molecule has 0 saturated heterocycles. The summed E-state index contributed by atoms with van der Waals surface area (Å²) < 4.78 is 69.5. The number of rotatable bonds is 6. The molecule has 1 unspecified atom stereocenters. The third kappa shape index (κ3) is 4.88. The fourth-order valence-electron chi connectivity index (χ4n) is 2.61. The molecule has 7 nitrogen and oxygen atoms in total. The number of benzene rings is 1. The lowest BCUT2D eigenvalue weighted by Gasteiger charge is -2.16. The number of pyridine rings is 1. The molecule has 0 fully saturated rings. The molecule has 3 rings (SSSR count). The molecule has 1 amide bonds. The molecule has 30 heavy (non-hydrogen) atoms. The Kier molecular flexibility index (Phi) is 5.94. The number of carbonyl (C=O) groups is 1. The molecule has 1 aromatic carbocycles. The third-order valence-electron chi connectivity index (χ3n) is 3.90. The van der Waals surface area contributed by atoms with Crippen molar-refractivity contribution in [3.8, 4) is 11.6 Å². The van der Waals surface area contributed by atoms with E-state index in [0.29, 0.717) is 18.0 Å². The molecule has 0 aliphatic rings. The summed E-state index contributed by atoms with van der Waals surface area (Å²) in [4.78, 5) is 20.7. The standard InChI is InChI=1S/C18H14F5N5O2/c1-10(15-25-9-26-28(15)14-4-2-3-5-24-14)27-16(29)11-6-12(18(21,22)23)8-13(7-11)30-17(19)20/h2-10,17H,1H3,(H,27,29). The Bertz CT molecular complexity index is 1020. The van der Waals surface area contributed by atoms with Gasteiger partial charge in [-0.3, -0.25) is 4.79 Å². The predicted octanol–water partition coefficient (Wildman–Crippen LogP) is 3.77. The summed E-state index contributed by atoms with van der Waals surface area (Å²) in [7, 11) is 0. The van der Waals surface area contributed by atoms with Crippen molar-refractivity contribution in [2.24, 2.45) is 0 Å². The zero-order chi connectivity index (χ0) is 21.9. The van der Waals surface area contributed by atoms with Gasteiger partial charge in [-0.05, 0) is 37.3 Å². The van der Waals surface area contributed by atoms with Gasteiger partial charge in [0, 0.05) is 11.8 Å². The molecule has 0 saturated carbocycles. The summed E-state index contributed by atoms with van der Waals surface area (Å²) in [5.74, 6) is -1.05. The molecular formula is C18H14F5N5O2. The summed E-state index contributed by atoms with van der Waals surface area (Å²) in [6.45, 7) is -1.81. The Morgan fingerprint density at radius 1 is 1.17 bits per heavy atom. The lowest BCUT2D eigenvalue weighted by molar-refractivity contribution is -0.138. The van der Waals surface area contributed by atoms with Crippen molar-refractivity contribution in [3.05, 3.63) is 65.9 Å². The van der Waals surface area contributed by atoms with Gasteiger partial charge in [-0.2, -0.15) is 31.7 Å².